The zero-order chi connectivity index (χ0) is 48.5. The van der Waals surface area contributed by atoms with Crippen molar-refractivity contribution in [1.29, 1.82) is 0 Å². The second kappa shape index (κ2) is 19.3. The molecule has 11 rings (SSSR count). The zero-order valence-electron chi connectivity index (χ0n) is 41.3. The summed E-state index contributed by atoms with van der Waals surface area (Å²) in [5.41, 5.74) is 9.89. The summed E-state index contributed by atoms with van der Waals surface area (Å²) in [5, 5.41) is 9.82. The van der Waals surface area contributed by atoms with E-state index in [0.29, 0.717) is 30.5 Å². The molecule has 4 N–H and O–H groups in total. The lowest BCUT2D eigenvalue weighted by Crippen LogP contribution is -2.73. The molecule has 12 nitrogen and oxygen atoms in total. The number of hydrogen-bond acceptors (Lipinski definition) is 12. The van der Waals surface area contributed by atoms with Crippen LogP contribution < -0.4 is 26.2 Å². The quantitative estimate of drug-likeness (QED) is 0.112. The number of piperidine rings is 1. The molecule has 7 aliphatic rings. The van der Waals surface area contributed by atoms with E-state index in [4.69, 9.17) is 32.7 Å². The Balaban J connectivity index is 1.02. The van der Waals surface area contributed by atoms with Crippen molar-refractivity contribution in [3.8, 4) is 11.5 Å². The number of hydrazine groups is 1. The summed E-state index contributed by atoms with van der Waals surface area (Å²) in [5.74, 6) is 3.06. The lowest BCUT2D eigenvalue weighted by Gasteiger charge is -2.57. The highest BCUT2D eigenvalue weighted by Gasteiger charge is 2.77. The van der Waals surface area contributed by atoms with Crippen LogP contribution in [0.2, 0.25) is 10.0 Å². The number of aliphatic imine (C=N–C) groups is 1. The van der Waals surface area contributed by atoms with Gasteiger partial charge in [-0.3, -0.25) is 24.5 Å². The largest absolute Gasteiger partial charge is 0.457 e. The number of ether oxygens (including phenoxy) is 2. The number of nitrogens with one attached hydrogen (secondary N) is 4. The third kappa shape index (κ3) is 7.92. The summed E-state index contributed by atoms with van der Waals surface area (Å²) < 4.78 is 13.0. The maximum atomic E-state index is 17.5. The molecule has 14 heteroatoms. The lowest BCUT2D eigenvalue weighted by molar-refractivity contribution is -0.154. The maximum Gasteiger partial charge on any atom is 0.153 e. The molecule has 5 saturated heterocycles. The van der Waals surface area contributed by atoms with Gasteiger partial charge in [0.25, 0.3) is 0 Å². The highest BCUT2D eigenvalue weighted by molar-refractivity contribution is 6.31. The molecular weight excluding hydrogens is 918 g/mol. The van der Waals surface area contributed by atoms with Crippen molar-refractivity contribution in [3.63, 3.8) is 0 Å². The van der Waals surface area contributed by atoms with Crippen LogP contribution in [-0.4, -0.2) is 127 Å². The number of benzene rings is 4. The first-order chi connectivity index (χ1) is 34.0. The maximum absolute atomic E-state index is 17.5. The van der Waals surface area contributed by atoms with Gasteiger partial charge in [0.05, 0.1) is 30.2 Å². The minimum absolute atomic E-state index is 0.000560. The van der Waals surface area contributed by atoms with Gasteiger partial charge in [0.15, 0.2) is 5.78 Å². The van der Waals surface area contributed by atoms with Crippen molar-refractivity contribution >= 4 is 35.2 Å². The molecule has 1 saturated carbocycles. The van der Waals surface area contributed by atoms with Crippen molar-refractivity contribution < 1.29 is 14.3 Å². The van der Waals surface area contributed by atoms with Crippen LogP contribution in [0.15, 0.2) is 114 Å². The van der Waals surface area contributed by atoms with Crippen molar-refractivity contribution in [1.82, 2.24) is 41.1 Å². The minimum atomic E-state index is -0.774. The van der Waals surface area contributed by atoms with E-state index >= 15 is 4.79 Å². The molecule has 1 aliphatic carbocycles. The lowest BCUT2D eigenvalue weighted by atomic mass is 9.54. The van der Waals surface area contributed by atoms with E-state index in [2.05, 4.69) is 142 Å². The van der Waals surface area contributed by atoms with Gasteiger partial charge in [-0.1, -0.05) is 90.8 Å². The van der Waals surface area contributed by atoms with Crippen molar-refractivity contribution in [2.75, 3.05) is 40.9 Å². The molecule has 0 aromatic heterocycles. The number of halogens is 2. The summed E-state index contributed by atoms with van der Waals surface area (Å²) in [7, 11) is 6.40. The molecule has 70 heavy (non-hydrogen) atoms. The summed E-state index contributed by atoms with van der Waals surface area (Å²) >= 11 is 13.3. The fourth-order valence-corrected chi connectivity index (χ4v) is 15.1. The average Bonchev–Trinajstić information content (AvgIpc) is 4.05. The van der Waals surface area contributed by atoms with Crippen LogP contribution in [-0.2, 0) is 28.9 Å². The number of fused-ring (bicyclic) bond motifs is 1. The summed E-state index contributed by atoms with van der Waals surface area (Å²) in [6.45, 7) is 9.67. The number of nitrogens with zero attached hydrogens (tertiary/aromatic N) is 5. The van der Waals surface area contributed by atoms with Crippen LogP contribution >= 0.6 is 23.2 Å². The van der Waals surface area contributed by atoms with Gasteiger partial charge in [-0.2, -0.15) is 0 Å². The second-order valence-electron chi connectivity index (χ2n) is 21.3. The molecule has 6 fully saturated rings. The molecule has 0 radical (unpaired) electrons. The van der Waals surface area contributed by atoms with Crippen LogP contribution in [0.1, 0.15) is 68.5 Å². The summed E-state index contributed by atoms with van der Waals surface area (Å²) in [6, 6.07) is 33.5. The Bertz CT molecular complexity index is 2600. The van der Waals surface area contributed by atoms with Gasteiger partial charge in [0.2, 0.25) is 0 Å². The Morgan fingerprint density at radius 1 is 0.871 bits per heavy atom. The molecule has 4 aromatic rings. The Kier molecular flexibility index (Phi) is 13.2. The van der Waals surface area contributed by atoms with Crippen LogP contribution in [0.25, 0.3) is 0 Å². The number of likely N-dealkylation sites (N-methyl/N-ethyl adjacent to an activating group) is 2. The molecule has 13 atom stereocenters. The smallest absolute Gasteiger partial charge is 0.153 e. The van der Waals surface area contributed by atoms with Crippen LogP contribution in [0.5, 0.6) is 11.5 Å². The standard InChI is InChI=1S/C56H69Cl2N9O3/c1-7-55-48-27-40(25-36-11-9-8-10-12-36)51(55)64(4)34(2)30-60-47-29-43(26-37-13-18-41(57)19-14-37)65(5)52-45(33-69-6)61-50(56(47,52)54(55)68)35(3)67(48)32-39-15-20-42(58)28-46(39)70-44-21-16-38(17-22-44)53-63-62-49-31-59-23-24-66(49)53/h8-23,28,31,34-35,40,43,45,47-48,50-53,60-63H,7,24-27,29-30,32-33H2,1-6H3/t34-,35-,40+,43-,45+,47?,48?,50?,51?,52?,53?,55?,56?/m0/s1. The van der Waals surface area contributed by atoms with Crippen LogP contribution in [0.3, 0.4) is 0 Å². The number of carbonyl (C=O) groups excluding carboxylic acids is 1. The number of ketones is 1. The topological polar surface area (TPSA) is 109 Å². The highest BCUT2D eigenvalue weighted by atomic mass is 35.5. The Morgan fingerprint density at radius 2 is 1.63 bits per heavy atom. The van der Waals surface area contributed by atoms with Gasteiger partial charge in [-0.15, -0.1) is 0 Å². The fraction of sp³-hybridized carbons (Fsp3) is 0.500. The monoisotopic (exact) mass is 985 g/mol. The van der Waals surface area contributed by atoms with E-state index in [9.17, 15) is 0 Å². The SMILES string of the molecule is CCC12C(=O)C34C5C[C@H](Cc6ccc(Cl)cc6)N(C)C3[C@@H](COC)NC4[C@H](C)N(Cc3ccc(Cl)cc3Oc3ccc(C4NNC6=CN=CCN64)cc3)C1C[C@@H](Cc1ccccc1)C2N(C)[C@@H](C)CN5. The molecule has 0 amide bonds. The first-order valence-electron chi connectivity index (χ1n) is 25.5. The molecular formula is C56H69Cl2N9O3. The molecule has 2 bridgehead atoms. The third-order valence-corrected chi connectivity index (χ3v) is 18.5. The first-order valence-corrected chi connectivity index (χ1v) is 26.3. The van der Waals surface area contributed by atoms with Gasteiger partial charge >= 0.3 is 0 Å². The number of hydrogen-bond donors (Lipinski definition) is 4. The first kappa shape index (κ1) is 48.0. The predicted molar refractivity (Wildman–Crippen MR) is 278 cm³/mol. The molecule has 8 unspecified atom stereocenters. The van der Waals surface area contributed by atoms with E-state index in [1.165, 1.54) is 11.1 Å². The molecule has 370 valence electrons. The van der Waals surface area contributed by atoms with Gasteiger partial charge in [0, 0.05) is 96.4 Å². The average molecular weight is 987 g/mol. The Labute approximate surface area is 424 Å². The third-order valence-electron chi connectivity index (χ3n) is 18.0. The van der Waals surface area contributed by atoms with Gasteiger partial charge in [0.1, 0.15) is 23.5 Å². The van der Waals surface area contributed by atoms with Crippen LogP contribution in [0, 0.1) is 16.7 Å². The Hall–Kier alpha value is -4.34. The van der Waals surface area contributed by atoms with E-state index < -0.39 is 10.8 Å². The van der Waals surface area contributed by atoms with E-state index in [1.54, 1.807) is 7.11 Å². The van der Waals surface area contributed by atoms with Crippen molar-refractivity contribution in [2.45, 2.75) is 120 Å². The normalized spacial score (nSPS) is 35.0. The van der Waals surface area contributed by atoms with Crippen LogP contribution in [0.4, 0.5) is 0 Å². The summed E-state index contributed by atoms with van der Waals surface area (Å²) in [4.78, 5) is 31.9. The predicted octanol–water partition coefficient (Wildman–Crippen LogP) is 7.83. The van der Waals surface area contributed by atoms with E-state index in [-0.39, 0.29) is 66.5 Å². The Morgan fingerprint density at radius 3 is 2.39 bits per heavy atom. The van der Waals surface area contributed by atoms with Gasteiger partial charge < -0.3 is 30.4 Å². The summed E-state index contributed by atoms with van der Waals surface area (Å²) in [6.07, 6.45) is 7.96. The van der Waals surface area contributed by atoms with Crippen molar-refractivity contribution in [3.05, 3.63) is 141 Å². The number of carbonyl (C=O) groups is 1. The van der Waals surface area contributed by atoms with Crippen molar-refractivity contribution in [2.24, 2.45) is 21.7 Å². The highest BCUT2D eigenvalue weighted by Crippen LogP contribution is 2.63. The molecule has 4 aromatic carbocycles. The molecule has 6 aliphatic heterocycles. The number of Topliss-reactive ketones (excluding diaryl/α,β-unsaturated/α-hetero) is 1. The van der Waals surface area contributed by atoms with Gasteiger partial charge in [-0.05, 0) is 119 Å². The number of rotatable bonds is 12. The fourth-order valence-electron chi connectivity index (χ4n) is 14.8. The number of likely N-dealkylation sites (tertiary alicyclic amines) is 2. The second-order valence-corrected chi connectivity index (χ2v) is 22.2. The minimum Gasteiger partial charge on any atom is -0.457 e. The van der Waals surface area contributed by atoms with Gasteiger partial charge in [-0.25, -0.2) is 5.43 Å². The molecule has 6 heterocycles. The zero-order valence-corrected chi connectivity index (χ0v) is 42.8. The van der Waals surface area contributed by atoms with E-state index in [1.807, 2.05) is 48.8 Å². The van der Waals surface area contributed by atoms with E-state index in [0.717, 1.165) is 72.1 Å². The molecule has 1 spiro atoms. The number of methoxy groups -OCH3 is 1.